The number of anilines is 1. The van der Waals surface area contributed by atoms with Crippen LogP contribution < -0.4 is 91.8 Å². The Bertz CT molecular complexity index is 4590. The van der Waals surface area contributed by atoms with Crippen molar-refractivity contribution in [1.82, 2.24) is 68.0 Å². The van der Waals surface area contributed by atoms with Gasteiger partial charge >= 0.3 is 11.6 Å². The second kappa shape index (κ2) is 46.2. The lowest BCUT2D eigenvalue weighted by Gasteiger charge is -2.32. The van der Waals surface area contributed by atoms with Gasteiger partial charge in [-0.15, -0.1) is 0 Å². The number of nitro benzene ring substituents is 2. The Balaban J connectivity index is 1.04. The van der Waals surface area contributed by atoms with Gasteiger partial charge < -0.3 is 110 Å². The van der Waals surface area contributed by atoms with Crippen LogP contribution in [0.3, 0.4) is 0 Å². The summed E-state index contributed by atoms with van der Waals surface area (Å²) in [5, 5.41) is 78.9. The molecule has 0 unspecified atom stereocenters. The molecule has 4 heterocycles. The number of nitrogens with zero attached hydrogens (tertiary/aromatic N) is 4. The van der Waals surface area contributed by atoms with Gasteiger partial charge in [-0.1, -0.05) is 45.4 Å². The zero-order valence-corrected chi connectivity index (χ0v) is 67.5. The zero-order valence-electron chi connectivity index (χ0n) is 67.5. The number of likely N-dealkylation sites (tertiary alicyclic amines) is 2. The van der Waals surface area contributed by atoms with E-state index in [9.17, 15) is 87.7 Å². The minimum Gasteiger partial charge on any atom is -0.497 e. The van der Waals surface area contributed by atoms with E-state index >= 15 is 0 Å². The minimum atomic E-state index is -1.68. The first-order valence-electron chi connectivity index (χ1n) is 39.9. The number of nitro groups is 2. The van der Waals surface area contributed by atoms with Gasteiger partial charge in [-0.05, 0) is 151 Å². The van der Waals surface area contributed by atoms with Gasteiger partial charge in [0, 0.05) is 86.3 Å². The second-order valence-electron chi connectivity index (χ2n) is 29.8. The smallest absolute Gasteiger partial charge is 0.336 e. The second-order valence-corrected chi connectivity index (χ2v) is 29.8. The summed E-state index contributed by atoms with van der Waals surface area (Å²) in [5.41, 5.74) is 22.6. The Labute approximate surface area is 690 Å². The number of H-pyrrole nitrogens is 1. The average Bonchev–Trinajstić information content (AvgIpc) is 1.32. The number of non-ortho nitro benzene ring substituents is 1. The van der Waals surface area contributed by atoms with Crippen LogP contribution >= 0.6 is 0 Å². The summed E-state index contributed by atoms with van der Waals surface area (Å²) in [6, 6.07) is 2.31. The number of nitrogens with two attached hydrogens (primary N) is 4. The highest BCUT2D eigenvalue weighted by Gasteiger charge is 2.44. The van der Waals surface area contributed by atoms with Crippen LogP contribution in [-0.2, 0) is 70.4 Å². The van der Waals surface area contributed by atoms with Crippen molar-refractivity contribution in [2.75, 3.05) is 51.7 Å². The van der Waals surface area contributed by atoms with Crippen molar-refractivity contribution in [3.05, 3.63) is 115 Å². The number of hydrogen-bond donors (Lipinski definition) is 19. The first-order chi connectivity index (χ1) is 57.2. The molecule has 0 saturated carbocycles. The van der Waals surface area contributed by atoms with Gasteiger partial charge in [0.15, 0.2) is 11.9 Å². The fourth-order valence-electron chi connectivity index (χ4n) is 14.4. The quantitative estimate of drug-likeness (QED) is 0.00629. The molecule has 120 heavy (non-hydrogen) atoms. The number of para-hydroxylation sites is 1. The molecular weight excluding hydrogens is 1560 g/mol. The molecule has 5 aromatic rings. The summed E-state index contributed by atoms with van der Waals surface area (Å²) >= 11 is 0. The summed E-state index contributed by atoms with van der Waals surface area (Å²) in [6.07, 6.45) is 2.35. The average molecular weight is 1680 g/mol. The topological polar surface area (TPSA) is 657 Å². The van der Waals surface area contributed by atoms with Crippen LogP contribution in [-0.4, -0.2) is 219 Å². The van der Waals surface area contributed by atoms with Gasteiger partial charge in [0.25, 0.3) is 11.4 Å². The van der Waals surface area contributed by atoms with Crippen LogP contribution in [0.1, 0.15) is 147 Å². The number of unbranched alkanes of at least 4 members (excludes halogenated alkanes) is 2. The van der Waals surface area contributed by atoms with E-state index in [1.165, 1.54) is 35.1 Å². The third-order valence-corrected chi connectivity index (χ3v) is 20.6. The van der Waals surface area contributed by atoms with Crippen LogP contribution in [0.25, 0.3) is 21.9 Å². The molecule has 3 aromatic carbocycles. The molecule has 23 N–H and O–H groups in total. The summed E-state index contributed by atoms with van der Waals surface area (Å²) in [5.74, 6) is -11.5. The number of guanidine groups is 2. The first-order valence-corrected chi connectivity index (χ1v) is 39.9. The maximum absolute atomic E-state index is 14.9. The predicted octanol–water partition coefficient (Wildman–Crippen LogP) is 0.489. The summed E-state index contributed by atoms with van der Waals surface area (Å²) in [4.78, 5) is 211. The van der Waals surface area contributed by atoms with Gasteiger partial charge in [0.2, 0.25) is 65.0 Å². The fourth-order valence-corrected chi connectivity index (χ4v) is 14.4. The van der Waals surface area contributed by atoms with E-state index in [0.29, 0.717) is 58.8 Å². The Morgan fingerprint density at radius 3 is 1.74 bits per heavy atom. The van der Waals surface area contributed by atoms with E-state index in [2.05, 4.69) is 63.5 Å². The molecule has 0 bridgehead atoms. The highest BCUT2D eigenvalue weighted by molar-refractivity contribution is 6.00. The Kier molecular flexibility index (Phi) is 36.2. The number of hydrogen-bond acceptors (Lipinski definition) is 23. The van der Waals surface area contributed by atoms with E-state index in [1.54, 1.807) is 63.4 Å². The molecule has 11 amide bonds. The number of aromatic amines is 1. The number of carbonyl (C=O) groups excluding carboxylic acids is 11. The number of carboxylic acid groups (broad SMARTS) is 1. The molecule has 2 saturated heterocycles. The SMILES string of the molecule is CCC[C@H](NC(=O)[C@H](CCC(=O)O)NC(=O)[C@@H](NC(=O)[C@@H]1CCCN1C(=O)[C@H](CCCCN)NC(=O)[C@@H]1CCCN1C(=O)[C@H](CCCNC(=N)N)NC(=O)Cc1cc(=O)oc2cc(OC)ccc12)C(C)C)C(=O)N[C@@H](Cc1c[nH]c2ccccc12)C(=O)N[C@@H](CCCNC(=N)N)C(=O)N[C@@H](CCCCNc1ccc([N+](=O)[O-])cc1[N+](=O)[O-])C(N)=O. The van der Waals surface area contributed by atoms with Gasteiger partial charge in [0.05, 0.1) is 29.4 Å². The molecule has 2 aliphatic rings. The van der Waals surface area contributed by atoms with E-state index < -0.39 is 183 Å². The van der Waals surface area contributed by atoms with Gasteiger partial charge in [0.1, 0.15) is 77.4 Å². The summed E-state index contributed by atoms with van der Waals surface area (Å²) < 4.78 is 10.6. The number of nitrogens with one attached hydrogen (secondary N) is 14. The van der Waals surface area contributed by atoms with Crippen molar-refractivity contribution in [3.63, 3.8) is 0 Å². The third kappa shape index (κ3) is 27.8. The number of aliphatic carboxylic acids is 1. The molecule has 0 spiro atoms. The van der Waals surface area contributed by atoms with E-state index in [1.807, 2.05) is 0 Å². The number of rotatable bonds is 49. The molecule has 10 atom stereocenters. The fraction of sp³-hybridized carbons (Fsp3) is 0.526. The molecule has 0 radical (unpaired) electrons. The number of aromatic nitrogens is 1. The number of fused-ring (bicyclic) bond motifs is 2. The predicted molar refractivity (Wildman–Crippen MR) is 439 cm³/mol. The number of amides is 11. The van der Waals surface area contributed by atoms with Crippen molar-refractivity contribution in [1.29, 1.82) is 10.8 Å². The van der Waals surface area contributed by atoms with Crippen LogP contribution in [0.15, 0.2) is 82.1 Å². The molecular formula is C78H110N22O20. The highest BCUT2D eigenvalue weighted by atomic mass is 16.6. The number of methoxy groups -OCH3 is 1. The zero-order chi connectivity index (χ0) is 87.9. The Morgan fingerprint density at radius 2 is 1.16 bits per heavy atom. The van der Waals surface area contributed by atoms with Crippen LogP contribution in [0.5, 0.6) is 5.75 Å². The normalized spacial score (nSPS) is 15.7. The minimum absolute atomic E-state index is 0.00260. The molecule has 42 heteroatoms. The molecule has 42 nitrogen and oxygen atoms in total. The Morgan fingerprint density at radius 1 is 0.608 bits per heavy atom. The van der Waals surface area contributed by atoms with Crippen LogP contribution in [0.4, 0.5) is 17.1 Å². The lowest BCUT2D eigenvalue weighted by molar-refractivity contribution is -0.393. The van der Waals surface area contributed by atoms with E-state index in [0.717, 1.165) is 12.1 Å². The molecule has 652 valence electrons. The van der Waals surface area contributed by atoms with Crippen molar-refractivity contribution < 1.29 is 81.6 Å². The third-order valence-electron chi connectivity index (χ3n) is 20.6. The molecule has 2 aliphatic heterocycles. The summed E-state index contributed by atoms with van der Waals surface area (Å²) in [6.45, 7) is 5.51. The molecule has 7 rings (SSSR count). The van der Waals surface area contributed by atoms with E-state index in [4.69, 9.17) is 42.9 Å². The lowest BCUT2D eigenvalue weighted by Crippen LogP contribution is -2.61. The van der Waals surface area contributed by atoms with Gasteiger partial charge in [-0.25, -0.2) is 4.79 Å². The first kappa shape index (κ1) is 94.1. The number of primary amides is 1. The monoisotopic (exact) mass is 1670 g/mol. The number of carbonyl (C=O) groups is 12. The largest absolute Gasteiger partial charge is 0.497 e. The maximum atomic E-state index is 14.9. The highest BCUT2D eigenvalue weighted by Crippen LogP contribution is 2.31. The van der Waals surface area contributed by atoms with Crippen molar-refractivity contribution >= 4 is 122 Å². The number of carboxylic acids is 1. The lowest BCUT2D eigenvalue weighted by atomic mass is 10.0. The standard InChI is InChI=1S/C78H110N22O20/c1-5-16-53(68(106)95-58(37-45-42-88-50-18-7-6-17-48(45)50)71(109)92-54(21-12-33-86-77(81)82)69(107)90-52(67(80)105)19-9-11-32-85-51-28-25-46(99(115)116)40-61(51)100(117)118)91-70(108)55(29-30-64(102)103)93-74(112)66(43(2)3)96-73(111)60-24-15-36-98(60)76(114)57(20-8-10-31-79)94-72(110)59-23-14-35-97(59)75(113)56(22-13-34-87-78(83)84)89-63(101)38-44-39-65(104)120-62-41-47(119-4)26-27-49(44)62/h6-7,17-18,25-28,39-43,52-60,66,85,88H,5,8-16,19-24,29-38,79H2,1-4H3,(H2,80,105)(H,89,101)(H,90,107)(H,91,108)(H,92,109)(H,93,112)(H,94,110)(H,95,106)(H,96,111)(H,102,103)(H4,81,82,86)(H4,83,84,87)/t52-,53-,54-,55-,56-,57-,58-,59-,60-,66-/m0/s1. The van der Waals surface area contributed by atoms with Crippen LogP contribution in [0.2, 0.25) is 0 Å². The summed E-state index contributed by atoms with van der Waals surface area (Å²) in [7, 11) is 1.44. The van der Waals surface area contributed by atoms with Crippen molar-refractivity contribution in [3.8, 4) is 5.75 Å². The van der Waals surface area contributed by atoms with Crippen molar-refractivity contribution in [2.45, 2.75) is 210 Å². The van der Waals surface area contributed by atoms with Crippen molar-refractivity contribution in [2.24, 2.45) is 28.9 Å². The maximum Gasteiger partial charge on any atom is 0.336 e. The number of benzene rings is 3. The van der Waals surface area contributed by atoms with Gasteiger partial charge in [-0.3, -0.25) is 88.6 Å². The molecule has 2 fully saturated rings. The molecule has 0 aliphatic carbocycles. The molecule has 2 aromatic heterocycles. The van der Waals surface area contributed by atoms with Gasteiger partial charge in [-0.2, -0.15) is 0 Å². The van der Waals surface area contributed by atoms with E-state index in [-0.39, 0.29) is 146 Å². The number of ether oxygens (including phenoxy) is 1. The van der Waals surface area contributed by atoms with Crippen LogP contribution in [0, 0.1) is 37.0 Å². The Hall–Kier alpha value is -13.1.